The molecule has 4 rings (SSSR count). The number of nitrogens with one attached hydrogen (secondary N) is 1. The summed E-state index contributed by atoms with van der Waals surface area (Å²) in [5, 5.41) is 13.2. The summed E-state index contributed by atoms with van der Waals surface area (Å²) >= 11 is 0.828. The van der Waals surface area contributed by atoms with Gasteiger partial charge in [-0.3, -0.25) is 24.5 Å². The molecule has 39 heavy (non-hydrogen) atoms. The first-order valence-electron chi connectivity index (χ1n) is 12.2. The van der Waals surface area contributed by atoms with Gasteiger partial charge in [0, 0.05) is 48.2 Å². The maximum Gasteiger partial charge on any atom is 0.298 e. The van der Waals surface area contributed by atoms with E-state index in [4.69, 9.17) is 4.74 Å². The first-order chi connectivity index (χ1) is 18.8. The van der Waals surface area contributed by atoms with Crippen molar-refractivity contribution in [1.29, 1.82) is 0 Å². The van der Waals surface area contributed by atoms with Gasteiger partial charge in [0.15, 0.2) is 6.61 Å². The van der Waals surface area contributed by atoms with Crippen LogP contribution in [0.15, 0.2) is 77.7 Å². The molecular formula is C28H26N4O6S. The van der Waals surface area contributed by atoms with Gasteiger partial charge in [-0.25, -0.2) is 4.90 Å². The number of imide groups is 1. The molecule has 0 bridgehead atoms. The van der Waals surface area contributed by atoms with Crippen LogP contribution in [-0.2, 0) is 9.59 Å². The molecule has 1 saturated heterocycles. The molecule has 0 spiro atoms. The highest BCUT2D eigenvalue weighted by Crippen LogP contribution is 2.37. The third-order valence-electron chi connectivity index (χ3n) is 5.92. The zero-order chi connectivity index (χ0) is 27.9. The number of benzene rings is 3. The number of nitro groups is 1. The van der Waals surface area contributed by atoms with Crippen molar-refractivity contribution in [1.82, 2.24) is 0 Å². The number of amides is 3. The molecule has 3 aromatic rings. The van der Waals surface area contributed by atoms with Gasteiger partial charge in [-0.15, -0.1) is 0 Å². The molecule has 1 heterocycles. The van der Waals surface area contributed by atoms with Crippen LogP contribution in [0.2, 0.25) is 0 Å². The van der Waals surface area contributed by atoms with Crippen LogP contribution < -0.4 is 19.9 Å². The first kappa shape index (κ1) is 27.4. The highest BCUT2D eigenvalue weighted by molar-refractivity contribution is 8.19. The fourth-order valence-electron chi connectivity index (χ4n) is 4.00. The Hall–Kier alpha value is -4.64. The summed E-state index contributed by atoms with van der Waals surface area (Å²) in [5.41, 5.74) is 1.99. The van der Waals surface area contributed by atoms with Crippen molar-refractivity contribution in [2.75, 3.05) is 34.8 Å². The number of para-hydroxylation sites is 1. The summed E-state index contributed by atoms with van der Waals surface area (Å²) in [4.78, 5) is 52.3. The second-order valence-electron chi connectivity index (χ2n) is 8.39. The number of hydrogen-bond acceptors (Lipinski definition) is 8. The van der Waals surface area contributed by atoms with Crippen molar-refractivity contribution in [3.63, 3.8) is 0 Å². The fraction of sp³-hybridized carbons (Fsp3) is 0.179. The molecule has 0 saturated carbocycles. The number of non-ortho nitro benzene ring substituents is 1. The number of nitrogens with zero attached hydrogens (tertiary/aromatic N) is 3. The molecular weight excluding hydrogens is 520 g/mol. The minimum atomic E-state index is -0.545. The third kappa shape index (κ3) is 6.44. The topological polar surface area (TPSA) is 122 Å². The van der Waals surface area contributed by atoms with Gasteiger partial charge in [-0.1, -0.05) is 24.3 Å². The maximum atomic E-state index is 13.1. The Morgan fingerprint density at radius 3 is 2.49 bits per heavy atom. The van der Waals surface area contributed by atoms with Crippen LogP contribution in [0.25, 0.3) is 6.08 Å². The molecule has 3 amide bonds. The van der Waals surface area contributed by atoms with Gasteiger partial charge in [0.2, 0.25) is 0 Å². The van der Waals surface area contributed by atoms with Crippen molar-refractivity contribution in [2.45, 2.75) is 13.8 Å². The number of thioether (sulfide) groups is 1. The van der Waals surface area contributed by atoms with Gasteiger partial charge in [-0.05, 0) is 62.0 Å². The summed E-state index contributed by atoms with van der Waals surface area (Å²) in [5.74, 6) is -0.613. The molecule has 10 nitrogen and oxygen atoms in total. The van der Waals surface area contributed by atoms with E-state index in [9.17, 15) is 24.5 Å². The lowest BCUT2D eigenvalue weighted by molar-refractivity contribution is -0.384. The molecule has 11 heteroatoms. The second-order valence-corrected chi connectivity index (χ2v) is 9.38. The van der Waals surface area contributed by atoms with Crippen LogP contribution in [0.5, 0.6) is 5.75 Å². The zero-order valence-electron chi connectivity index (χ0n) is 21.3. The van der Waals surface area contributed by atoms with Gasteiger partial charge in [0.1, 0.15) is 5.75 Å². The number of nitro benzene ring substituents is 1. The van der Waals surface area contributed by atoms with E-state index >= 15 is 0 Å². The third-order valence-corrected chi connectivity index (χ3v) is 6.79. The molecule has 0 aliphatic carbocycles. The van der Waals surface area contributed by atoms with Crippen LogP contribution in [0.4, 0.5) is 27.5 Å². The molecule has 200 valence electrons. The standard InChI is InChI=1S/C28H26N4O6S/c1-3-30(4-2)22-14-13-19(15-25-27(34)31(28(35)39-25)21-10-6-5-7-11-21)24(17-22)38-18-26(33)29-20-9-8-12-23(16-20)32(36)37/h5-17H,3-4,18H2,1-2H3,(H,29,33)/b25-15-. The highest BCUT2D eigenvalue weighted by atomic mass is 32.2. The molecule has 1 aliphatic heterocycles. The Bertz CT molecular complexity index is 1440. The van der Waals surface area contributed by atoms with E-state index < -0.39 is 22.0 Å². The molecule has 0 aromatic heterocycles. The van der Waals surface area contributed by atoms with Crippen molar-refractivity contribution in [3.8, 4) is 5.75 Å². The van der Waals surface area contributed by atoms with Crippen LogP contribution in [0.1, 0.15) is 19.4 Å². The van der Waals surface area contributed by atoms with Crippen LogP contribution in [0.3, 0.4) is 0 Å². The number of hydrogen-bond donors (Lipinski definition) is 1. The fourth-order valence-corrected chi connectivity index (χ4v) is 4.83. The van der Waals surface area contributed by atoms with Crippen molar-refractivity contribution in [3.05, 3.63) is 93.4 Å². The molecule has 0 radical (unpaired) electrons. The average molecular weight is 547 g/mol. The summed E-state index contributed by atoms with van der Waals surface area (Å²) < 4.78 is 5.88. The summed E-state index contributed by atoms with van der Waals surface area (Å²) in [6.07, 6.45) is 1.58. The van der Waals surface area contributed by atoms with Crippen molar-refractivity contribution >= 4 is 57.6 Å². The zero-order valence-corrected chi connectivity index (χ0v) is 22.1. The summed E-state index contributed by atoms with van der Waals surface area (Å²) in [7, 11) is 0. The summed E-state index contributed by atoms with van der Waals surface area (Å²) in [6, 6.07) is 19.7. The lowest BCUT2D eigenvalue weighted by atomic mass is 10.1. The van der Waals surface area contributed by atoms with E-state index in [-0.39, 0.29) is 22.9 Å². The number of carbonyl (C=O) groups is 3. The molecule has 1 fully saturated rings. The van der Waals surface area contributed by atoms with Crippen LogP contribution >= 0.6 is 11.8 Å². The largest absolute Gasteiger partial charge is 0.483 e. The van der Waals surface area contributed by atoms with E-state index in [2.05, 4.69) is 10.2 Å². The predicted octanol–water partition coefficient (Wildman–Crippen LogP) is 5.70. The molecule has 1 N–H and O–H groups in total. The molecule has 3 aromatic carbocycles. The summed E-state index contributed by atoms with van der Waals surface area (Å²) in [6.45, 7) is 5.15. The maximum absolute atomic E-state index is 13.1. The van der Waals surface area contributed by atoms with E-state index in [1.54, 1.807) is 54.6 Å². The number of anilines is 3. The van der Waals surface area contributed by atoms with Crippen LogP contribution in [0, 0.1) is 10.1 Å². The van der Waals surface area contributed by atoms with E-state index in [0.29, 0.717) is 17.0 Å². The SMILES string of the molecule is CCN(CC)c1ccc(/C=C2\SC(=O)N(c3ccccc3)C2=O)c(OCC(=O)Nc2cccc([N+](=O)[O-])c2)c1. The second kappa shape index (κ2) is 12.3. The van der Waals surface area contributed by atoms with Crippen molar-refractivity contribution < 1.29 is 24.0 Å². The monoisotopic (exact) mass is 546 g/mol. The average Bonchev–Trinajstić information content (AvgIpc) is 3.21. The number of ether oxygens (including phenoxy) is 1. The van der Waals surface area contributed by atoms with Gasteiger partial charge >= 0.3 is 0 Å². The van der Waals surface area contributed by atoms with Crippen molar-refractivity contribution in [2.24, 2.45) is 0 Å². The lowest BCUT2D eigenvalue weighted by Gasteiger charge is -2.22. The lowest BCUT2D eigenvalue weighted by Crippen LogP contribution is -2.27. The Kier molecular flexibility index (Phi) is 8.62. The number of carbonyl (C=O) groups excluding carboxylic acids is 3. The minimum absolute atomic E-state index is 0.146. The van der Waals surface area contributed by atoms with Gasteiger partial charge in [0.25, 0.3) is 22.7 Å². The van der Waals surface area contributed by atoms with E-state index in [1.165, 1.54) is 18.2 Å². The number of rotatable bonds is 10. The van der Waals surface area contributed by atoms with Gasteiger partial charge < -0.3 is 15.0 Å². The molecule has 0 atom stereocenters. The predicted molar refractivity (Wildman–Crippen MR) is 152 cm³/mol. The molecule has 0 unspecified atom stereocenters. The highest BCUT2D eigenvalue weighted by Gasteiger charge is 2.36. The van der Waals surface area contributed by atoms with Gasteiger partial charge in [-0.2, -0.15) is 0 Å². The quantitative estimate of drug-likeness (QED) is 0.195. The minimum Gasteiger partial charge on any atom is -0.483 e. The normalized spacial score (nSPS) is 14.0. The molecule has 1 aliphatic rings. The first-order valence-corrected chi connectivity index (χ1v) is 13.0. The van der Waals surface area contributed by atoms with Crippen LogP contribution in [-0.4, -0.2) is 41.7 Å². The smallest absolute Gasteiger partial charge is 0.298 e. The Labute approximate surface area is 229 Å². The Morgan fingerprint density at radius 1 is 1.05 bits per heavy atom. The van der Waals surface area contributed by atoms with Gasteiger partial charge in [0.05, 0.1) is 15.5 Å². The Morgan fingerprint density at radius 2 is 1.79 bits per heavy atom. The van der Waals surface area contributed by atoms with E-state index in [1.807, 2.05) is 19.9 Å². The van der Waals surface area contributed by atoms with E-state index in [0.717, 1.165) is 35.4 Å². The Balaban J connectivity index is 1.58.